The van der Waals surface area contributed by atoms with E-state index >= 15 is 0 Å². The van der Waals surface area contributed by atoms with Crippen molar-refractivity contribution in [3.05, 3.63) is 54.1 Å². The second kappa shape index (κ2) is 7.56. The van der Waals surface area contributed by atoms with Crippen molar-refractivity contribution in [1.29, 1.82) is 0 Å². The van der Waals surface area contributed by atoms with E-state index in [1.54, 1.807) is 36.4 Å². The van der Waals surface area contributed by atoms with Crippen LogP contribution < -0.4 is 5.32 Å². The van der Waals surface area contributed by atoms with Gasteiger partial charge in [-0.3, -0.25) is 9.59 Å². The summed E-state index contributed by atoms with van der Waals surface area (Å²) in [5.74, 6) is -0.370. The smallest absolute Gasteiger partial charge is 0.243 e. The molecule has 0 bridgehead atoms. The van der Waals surface area contributed by atoms with E-state index in [9.17, 15) is 19.8 Å². The van der Waals surface area contributed by atoms with Gasteiger partial charge in [0.15, 0.2) is 5.78 Å². The highest BCUT2D eigenvalue weighted by molar-refractivity contribution is 5.88. The van der Waals surface area contributed by atoms with E-state index in [2.05, 4.69) is 5.32 Å². The zero-order valence-electron chi connectivity index (χ0n) is 12.1. The molecule has 1 amide bonds. The minimum absolute atomic E-state index is 0.140. The molecule has 0 heterocycles. The van der Waals surface area contributed by atoms with Gasteiger partial charge in [-0.2, -0.15) is 0 Å². The van der Waals surface area contributed by atoms with Crippen molar-refractivity contribution in [3.8, 4) is 5.75 Å². The molecular formula is C17H19NO4. The fourth-order valence-electron chi connectivity index (χ4n) is 2.17. The molecular weight excluding hydrogens is 282 g/mol. The van der Waals surface area contributed by atoms with Crippen LogP contribution in [0.2, 0.25) is 0 Å². The molecule has 0 spiro atoms. The third-order valence-electron chi connectivity index (χ3n) is 3.45. The van der Waals surface area contributed by atoms with E-state index in [-0.39, 0.29) is 29.8 Å². The molecule has 2 rings (SSSR count). The summed E-state index contributed by atoms with van der Waals surface area (Å²) in [6.45, 7) is 0.492. The molecule has 5 heteroatoms. The van der Waals surface area contributed by atoms with Gasteiger partial charge in [-0.1, -0.05) is 30.4 Å². The van der Waals surface area contributed by atoms with E-state index < -0.39 is 6.10 Å². The van der Waals surface area contributed by atoms with Gasteiger partial charge in [0.2, 0.25) is 5.91 Å². The number of aliphatic hydroxyl groups is 1. The Morgan fingerprint density at radius 1 is 1.27 bits per heavy atom. The number of allylic oxidation sites excluding steroid dienone is 2. The molecule has 3 N–H and O–H groups in total. The molecule has 0 saturated heterocycles. The van der Waals surface area contributed by atoms with E-state index in [1.165, 1.54) is 12.2 Å². The molecule has 116 valence electrons. The number of Topliss-reactive ketones (excluding diaryl/α,β-unsaturated/α-hetero) is 1. The lowest BCUT2D eigenvalue weighted by Gasteiger charge is -2.15. The largest absolute Gasteiger partial charge is 0.508 e. The van der Waals surface area contributed by atoms with Crippen molar-refractivity contribution < 1.29 is 19.8 Å². The summed E-state index contributed by atoms with van der Waals surface area (Å²) in [7, 11) is 0. The molecule has 1 aromatic rings. The maximum absolute atomic E-state index is 11.7. The summed E-state index contributed by atoms with van der Waals surface area (Å²) in [5.41, 5.74) is 1.02. The van der Waals surface area contributed by atoms with Crippen LogP contribution in [0.3, 0.4) is 0 Å². The van der Waals surface area contributed by atoms with E-state index in [0.717, 1.165) is 5.56 Å². The van der Waals surface area contributed by atoms with Crippen LogP contribution >= 0.6 is 0 Å². The highest BCUT2D eigenvalue weighted by Crippen LogP contribution is 2.15. The zero-order valence-corrected chi connectivity index (χ0v) is 12.1. The van der Waals surface area contributed by atoms with Gasteiger partial charge in [-0.05, 0) is 30.2 Å². The third-order valence-corrected chi connectivity index (χ3v) is 3.45. The minimum atomic E-state index is -1.01. The number of aromatic hydroxyl groups is 1. The Balaban J connectivity index is 1.73. The summed E-state index contributed by atoms with van der Waals surface area (Å²) >= 11 is 0. The Morgan fingerprint density at radius 2 is 2.00 bits per heavy atom. The summed E-state index contributed by atoms with van der Waals surface area (Å²) in [5, 5.41) is 21.2. The molecule has 2 unspecified atom stereocenters. The molecule has 0 aromatic heterocycles. The molecule has 2 atom stereocenters. The van der Waals surface area contributed by atoms with E-state index in [4.69, 9.17) is 0 Å². The van der Waals surface area contributed by atoms with Crippen LogP contribution in [0.15, 0.2) is 48.6 Å². The lowest BCUT2D eigenvalue weighted by atomic mass is 9.93. The average Bonchev–Trinajstić information content (AvgIpc) is 2.50. The molecule has 1 aliphatic carbocycles. The van der Waals surface area contributed by atoms with Crippen LogP contribution in [-0.4, -0.2) is 34.6 Å². The number of rotatable bonds is 5. The number of carbonyl (C=O) groups is 2. The summed E-state index contributed by atoms with van der Waals surface area (Å²) < 4.78 is 0. The highest BCUT2D eigenvalue weighted by Gasteiger charge is 2.20. The van der Waals surface area contributed by atoms with Crippen molar-refractivity contribution in [2.24, 2.45) is 5.92 Å². The molecule has 22 heavy (non-hydrogen) atoms. The van der Waals surface area contributed by atoms with Crippen LogP contribution in [-0.2, 0) is 16.0 Å². The van der Waals surface area contributed by atoms with Gasteiger partial charge in [0.05, 0.1) is 0 Å². The Morgan fingerprint density at radius 3 is 2.68 bits per heavy atom. The number of carbonyl (C=O) groups excluding carboxylic acids is 2. The second-order valence-electron chi connectivity index (χ2n) is 5.23. The van der Waals surface area contributed by atoms with Gasteiger partial charge >= 0.3 is 0 Å². The Hall–Kier alpha value is -2.40. The number of amides is 1. The first-order valence-corrected chi connectivity index (χ1v) is 7.17. The van der Waals surface area contributed by atoms with Crippen LogP contribution in [0.25, 0.3) is 0 Å². The van der Waals surface area contributed by atoms with Gasteiger partial charge in [0, 0.05) is 18.9 Å². The number of ketones is 1. The van der Waals surface area contributed by atoms with Gasteiger partial charge in [-0.25, -0.2) is 0 Å². The normalized spacial score (nSPS) is 21.2. The second-order valence-corrected chi connectivity index (χ2v) is 5.23. The monoisotopic (exact) mass is 301 g/mol. The third kappa shape index (κ3) is 4.86. The molecule has 0 radical (unpaired) electrons. The molecule has 0 fully saturated rings. The minimum Gasteiger partial charge on any atom is -0.508 e. The highest BCUT2D eigenvalue weighted by atomic mass is 16.3. The molecule has 0 saturated carbocycles. The van der Waals surface area contributed by atoms with Crippen molar-refractivity contribution in [2.75, 3.05) is 6.54 Å². The van der Waals surface area contributed by atoms with Crippen molar-refractivity contribution in [3.63, 3.8) is 0 Å². The summed E-state index contributed by atoms with van der Waals surface area (Å²) in [4.78, 5) is 23.0. The molecule has 1 aliphatic rings. The number of phenolic OH excluding ortho intramolecular Hbond substituents is 1. The average molecular weight is 301 g/mol. The van der Waals surface area contributed by atoms with Gasteiger partial charge in [-0.15, -0.1) is 0 Å². The van der Waals surface area contributed by atoms with E-state index in [1.807, 2.05) is 0 Å². The lowest BCUT2D eigenvalue weighted by molar-refractivity contribution is -0.126. The van der Waals surface area contributed by atoms with Crippen LogP contribution in [0.1, 0.15) is 12.0 Å². The van der Waals surface area contributed by atoms with Gasteiger partial charge in [0.1, 0.15) is 11.9 Å². The van der Waals surface area contributed by atoms with Gasteiger partial charge < -0.3 is 15.5 Å². The number of aliphatic hydroxyl groups excluding tert-OH is 1. The molecule has 5 nitrogen and oxygen atoms in total. The Labute approximate surface area is 129 Å². The first-order chi connectivity index (χ1) is 10.5. The van der Waals surface area contributed by atoms with E-state index in [0.29, 0.717) is 13.0 Å². The first-order valence-electron chi connectivity index (χ1n) is 7.17. The van der Waals surface area contributed by atoms with Crippen LogP contribution in [0.5, 0.6) is 5.75 Å². The number of hydrogen-bond donors (Lipinski definition) is 3. The summed E-state index contributed by atoms with van der Waals surface area (Å²) in [6.07, 6.45) is 6.13. The standard InChI is InChI=1S/C17H19NO4/c19-14-5-1-12(2-6-14)9-10-18-17(22)8-4-13-3-7-15(20)16(21)11-13/h1-8,13,15,19-20H,9-11H2,(H,18,22). The van der Waals surface area contributed by atoms with Crippen molar-refractivity contribution in [2.45, 2.75) is 18.9 Å². The molecule has 0 aliphatic heterocycles. The van der Waals surface area contributed by atoms with Crippen LogP contribution in [0.4, 0.5) is 0 Å². The zero-order chi connectivity index (χ0) is 15.9. The summed E-state index contributed by atoms with van der Waals surface area (Å²) in [6, 6.07) is 6.83. The topological polar surface area (TPSA) is 86.6 Å². The van der Waals surface area contributed by atoms with Crippen LogP contribution in [0, 0.1) is 5.92 Å². The maximum atomic E-state index is 11.7. The molecule has 1 aromatic carbocycles. The lowest BCUT2D eigenvalue weighted by Crippen LogP contribution is -2.25. The Kier molecular flexibility index (Phi) is 5.49. The fraction of sp³-hybridized carbons (Fsp3) is 0.294. The number of benzene rings is 1. The number of nitrogens with one attached hydrogen (secondary N) is 1. The number of phenols is 1. The predicted octanol–water partition coefficient (Wildman–Crippen LogP) is 1.11. The quantitative estimate of drug-likeness (QED) is 0.562. The fourth-order valence-corrected chi connectivity index (χ4v) is 2.17. The van der Waals surface area contributed by atoms with Gasteiger partial charge in [0.25, 0.3) is 0 Å². The van der Waals surface area contributed by atoms with Crippen molar-refractivity contribution in [1.82, 2.24) is 5.32 Å². The Bertz CT molecular complexity index is 589. The first kappa shape index (κ1) is 16.0. The number of hydrogen-bond acceptors (Lipinski definition) is 4. The predicted molar refractivity (Wildman–Crippen MR) is 82.2 cm³/mol. The van der Waals surface area contributed by atoms with Crippen molar-refractivity contribution >= 4 is 11.7 Å². The SMILES string of the molecule is O=C(C=CC1C=CC(O)C(=O)C1)NCCc1ccc(O)cc1. The maximum Gasteiger partial charge on any atom is 0.243 e.